The molecule has 2 heterocycles. The Labute approximate surface area is 98.8 Å². The summed E-state index contributed by atoms with van der Waals surface area (Å²) in [4.78, 5) is 16.8. The van der Waals surface area contributed by atoms with E-state index in [1.54, 1.807) is 0 Å². The number of hydrogen-bond donors (Lipinski definition) is 0. The maximum Gasteiger partial charge on any atom is 0.228 e. The summed E-state index contributed by atoms with van der Waals surface area (Å²) >= 11 is 0. The first-order valence-corrected chi connectivity index (χ1v) is 6.52. The zero-order valence-corrected chi connectivity index (χ0v) is 10.8. The van der Waals surface area contributed by atoms with Crippen molar-refractivity contribution in [2.75, 3.05) is 26.2 Å². The quantitative estimate of drug-likeness (QED) is 0.677. The van der Waals surface area contributed by atoms with E-state index >= 15 is 0 Å². The van der Waals surface area contributed by atoms with Crippen LogP contribution in [0.3, 0.4) is 0 Å². The Kier molecular flexibility index (Phi) is 3.24. The van der Waals surface area contributed by atoms with Gasteiger partial charge in [-0.25, -0.2) is 0 Å². The monoisotopic (exact) mass is 224 g/mol. The van der Waals surface area contributed by atoms with Gasteiger partial charge in [0, 0.05) is 24.5 Å². The van der Waals surface area contributed by atoms with Crippen LogP contribution in [0.25, 0.3) is 0 Å². The fraction of sp³-hybridized carbons (Fsp3) is 0.923. The molecule has 3 nitrogen and oxygen atoms in total. The zero-order chi connectivity index (χ0) is 11.8. The molecule has 0 aromatic carbocycles. The van der Waals surface area contributed by atoms with Gasteiger partial charge in [-0.05, 0) is 32.4 Å². The number of carbonyl (C=O) groups excluding carboxylic acids is 1. The summed E-state index contributed by atoms with van der Waals surface area (Å²) in [7, 11) is 0. The fourth-order valence-corrected chi connectivity index (χ4v) is 2.81. The Hall–Kier alpha value is -0.570. The molecular formula is C13H24N2O. The SMILES string of the molecule is CC(C)(C)C(=O)N1CCC(N2CCCC2)C1. The van der Waals surface area contributed by atoms with E-state index in [2.05, 4.69) is 9.80 Å². The summed E-state index contributed by atoms with van der Waals surface area (Å²) in [5.41, 5.74) is -0.222. The molecule has 2 saturated heterocycles. The minimum absolute atomic E-state index is 0.222. The molecule has 0 spiro atoms. The summed E-state index contributed by atoms with van der Waals surface area (Å²) < 4.78 is 0. The molecule has 0 radical (unpaired) electrons. The molecule has 1 amide bonds. The van der Waals surface area contributed by atoms with Gasteiger partial charge in [-0.3, -0.25) is 9.69 Å². The van der Waals surface area contributed by atoms with Gasteiger partial charge in [-0.15, -0.1) is 0 Å². The Bertz CT molecular complexity index is 264. The minimum atomic E-state index is -0.222. The van der Waals surface area contributed by atoms with Crippen LogP contribution >= 0.6 is 0 Å². The van der Waals surface area contributed by atoms with Gasteiger partial charge in [0.2, 0.25) is 5.91 Å². The second kappa shape index (κ2) is 4.36. The van der Waals surface area contributed by atoms with Gasteiger partial charge in [0.1, 0.15) is 0 Å². The Balaban J connectivity index is 1.90. The molecule has 0 aromatic heterocycles. The van der Waals surface area contributed by atoms with E-state index < -0.39 is 0 Å². The third-order valence-corrected chi connectivity index (χ3v) is 3.75. The lowest BCUT2D eigenvalue weighted by molar-refractivity contribution is -0.138. The molecule has 2 rings (SSSR count). The van der Waals surface area contributed by atoms with Gasteiger partial charge < -0.3 is 4.90 Å². The summed E-state index contributed by atoms with van der Waals surface area (Å²) in [6.45, 7) is 10.4. The highest BCUT2D eigenvalue weighted by Crippen LogP contribution is 2.25. The average Bonchev–Trinajstić information content (AvgIpc) is 2.85. The highest BCUT2D eigenvalue weighted by Gasteiger charge is 2.35. The smallest absolute Gasteiger partial charge is 0.228 e. The lowest BCUT2D eigenvalue weighted by atomic mass is 9.95. The molecule has 92 valence electrons. The largest absolute Gasteiger partial charge is 0.341 e. The van der Waals surface area contributed by atoms with Crippen molar-refractivity contribution in [2.24, 2.45) is 5.41 Å². The summed E-state index contributed by atoms with van der Waals surface area (Å²) in [6, 6.07) is 0.633. The second-order valence-electron chi connectivity index (χ2n) is 6.19. The topological polar surface area (TPSA) is 23.6 Å². The molecule has 2 aliphatic rings. The van der Waals surface area contributed by atoms with Crippen molar-refractivity contribution in [1.29, 1.82) is 0 Å². The second-order valence-corrected chi connectivity index (χ2v) is 6.19. The van der Waals surface area contributed by atoms with Gasteiger partial charge in [-0.2, -0.15) is 0 Å². The standard InChI is InChI=1S/C13H24N2O/c1-13(2,3)12(16)15-9-6-11(10-15)14-7-4-5-8-14/h11H,4-10H2,1-3H3. The molecule has 2 aliphatic heterocycles. The first kappa shape index (κ1) is 11.9. The van der Waals surface area contributed by atoms with Crippen molar-refractivity contribution in [3.63, 3.8) is 0 Å². The zero-order valence-electron chi connectivity index (χ0n) is 10.8. The van der Waals surface area contributed by atoms with Gasteiger partial charge in [0.25, 0.3) is 0 Å². The number of likely N-dealkylation sites (tertiary alicyclic amines) is 2. The Morgan fingerprint density at radius 1 is 1.12 bits per heavy atom. The van der Waals surface area contributed by atoms with Gasteiger partial charge >= 0.3 is 0 Å². The number of rotatable bonds is 1. The van der Waals surface area contributed by atoms with Crippen LogP contribution < -0.4 is 0 Å². The average molecular weight is 224 g/mol. The number of amides is 1. The van der Waals surface area contributed by atoms with E-state index in [-0.39, 0.29) is 5.41 Å². The van der Waals surface area contributed by atoms with Crippen LogP contribution in [0.2, 0.25) is 0 Å². The molecule has 0 aromatic rings. The molecule has 16 heavy (non-hydrogen) atoms. The van der Waals surface area contributed by atoms with Crippen molar-refractivity contribution in [2.45, 2.75) is 46.1 Å². The normalized spacial score (nSPS) is 27.7. The molecule has 0 saturated carbocycles. The van der Waals surface area contributed by atoms with Crippen LogP contribution in [0.1, 0.15) is 40.0 Å². The van der Waals surface area contributed by atoms with Crippen molar-refractivity contribution < 1.29 is 4.79 Å². The van der Waals surface area contributed by atoms with E-state index in [9.17, 15) is 4.79 Å². The molecule has 0 N–H and O–H groups in total. The molecule has 2 fully saturated rings. The number of hydrogen-bond acceptors (Lipinski definition) is 2. The van der Waals surface area contributed by atoms with Gasteiger partial charge in [0.05, 0.1) is 0 Å². The first-order chi connectivity index (χ1) is 7.48. The third kappa shape index (κ3) is 2.40. The van der Waals surface area contributed by atoms with Crippen LogP contribution in [-0.4, -0.2) is 47.9 Å². The van der Waals surface area contributed by atoms with Crippen LogP contribution in [-0.2, 0) is 4.79 Å². The van der Waals surface area contributed by atoms with E-state index in [1.165, 1.54) is 32.4 Å². The fourth-order valence-electron chi connectivity index (χ4n) is 2.81. The summed E-state index contributed by atoms with van der Waals surface area (Å²) in [5.74, 6) is 0.314. The van der Waals surface area contributed by atoms with E-state index in [1.807, 2.05) is 20.8 Å². The predicted octanol–water partition coefficient (Wildman–Crippen LogP) is 1.73. The lowest BCUT2D eigenvalue weighted by Gasteiger charge is -2.27. The molecule has 0 bridgehead atoms. The highest BCUT2D eigenvalue weighted by molar-refractivity contribution is 5.81. The van der Waals surface area contributed by atoms with E-state index in [0.717, 1.165) is 13.1 Å². The van der Waals surface area contributed by atoms with Crippen molar-refractivity contribution in [3.05, 3.63) is 0 Å². The van der Waals surface area contributed by atoms with Gasteiger partial charge in [0.15, 0.2) is 0 Å². The minimum Gasteiger partial charge on any atom is -0.341 e. The van der Waals surface area contributed by atoms with Crippen molar-refractivity contribution >= 4 is 5.91 Å². The van der Waals surface area contributed by atoms with Crippen molar-refractivity contribution in [3.8, 4) is 0 Å². The van der Waals surface area contributed by atoms with E-state index in [4.69, 9.17) is 0 Å². The molecule has 1 atom stereocenters. The van der Waals surface area contributed by atoms with Crippen LogP contribution in [0.5, 0.6) is 0 Å². The highest BCUT2D eigenvalue weighted by atomic mass is 16.2. The van der Waals surface area contributed by atoms with Gasteiger partial charge in [-0.1, -0.05) is 20.8 Å². The molecule has 3 heteroatoms. The van der Waals surface area contributed by atoms with Crippen LogP contribution in [0.15, 0.2) is 0 Å². The molecular weight excluding hydrogens is 200 g/mol. The summed E-state index contributed by atoms with van der Waals surface area (Å²) in [5, 5.41) is 0. The Morgan fingerprint density at radius 3 is 2.31 bits per heavy atom. The predicted molar refractivity (Wildman–Crippen MR) is 65.2 cm³/mol. The van der Waals surface area contributed by atoms with Crippen LogP contribution in [0.4, 0.5) is 0 Å². The van der Waals surface area contributed by atoms with Crippen molar-refractivity contribution in [1.82, 2.24) is 9.80 Å². The lowest BCUT2D eigenvalue weighted by Crippen LogP contribution is -2.41. The Morgan fingerprint density at radius 2 is 1.75 bits per heavy atom. The summed E-state index contributed by atoms with van der Waals surface area (Å²) in [6.07, 6.45) is 3.84. The molecule has 0 aliphatic carbocycles. The third-order valence-electron chi connectivity index (χ3n) is 3.75. The first-order valence-electron chi connectivity index (χ1n) is 6.52. The maximum atomic E-state index is 12.1. The molecule has 1 unspecified atom stereocenters. The van der Waals surface area contributed by atoms with Crippen LogP contribution in [0, 0.1) is 5.41 Å². The van der Waals surface area contributed by atoms with E-state index in [0.29, 0.717) is 11.9 Å². The maximum absolute atomic E-state index is 12.1. The number of carbonyl (C=O) groups is 1. The number of nitrogens with zero attached hydrogens (tertiary/aromatic N) is 2.